The Hall–Kier alpha value is -0.550. The van der Waals surface area contributed by atoms with Gasteiger partial charge < -0.3 is 4.57 Å². The van der Waals surface area contributed by atoms with Gasteiger partial charge >= 0.3 is 0 Å². The lowest BCUT2D eigenvalue weighted by molar-refractivity contribution is 0.581. The van der Waals surface area contributed by atoms with Crippen LogP contribution in [0, 0.1) is 6.92 Å². The minimum Gasteiger partial charge on any atom is -0.331 e. The van der Waals surface area contributed by atoms with Crippen LogP contribution in [0.5, 0.6) is 0 Å². The number of aryl methyl sites for hydroxylation is 1. The van der Waals surface area contributed by atoms with Gasteiger partial charge in [0.2, 0.25) is 0 Å². The second-order valence-corrected chi connectivity index (χ2v) is 5.58. The van der Waals surface area contributed by atoms with Crippen molar-refractivity contribution in [1.82, 2.24) is 9.55 Å². The summed E-state index contributed by atoms with van der Waals surface area (Å²) in [5.41, 5.74) is 0. The van der Waals surface area contributed by atoms with Gasteiger partial charge in [-0.2, -0.15) is 0 Å². The van der Waals surface area contributed by atoms with Crippen LogP contribution in [-0.4, -0.2) is 18.0 Å². The predicted molar refractivity (Wildman–Crippen MR) is 50.4 cm³/mol. The van der Waals surface area contributed by atoms with E-state index in [1.54, 1.807) is 11.5 Å². The highest BCUT2D eigenvalue weighted by Gasteiger charge is 2.16. The number of hydrogen-bond donors (Lipinski definition) is 0. The summed E-state index contributed by atoms with van der Waals surface area (Å²) in [6, 6.07) is 0.180. The first-order valence-corrected chi connectivity index (χ1v) is 6.13. The van der Waals surface area contributed by atoms with Crippen molar-refractivity contribution < 1.29 is 8.42 Å². The van der Waals surface area contributed by atoms with Crippen molar-refractivity contribution in [3.05, 3.63) is 12.0 Å². The average Bonchev–Trinajstić information content (AvgIpc) is 2.29. The van der Waals surface area contributed by atoms with Crippen LogP contribution in [0.1, 0.15) is 25.7 Å². The Morgan fingerprint density at radius 3 is 2.31 bits per heavy atom. The first-order valence-electron chi connectivity index (χ1n) is 3.82. The molecule has 0 radical (unpaired) electrons. The maximum atomic E-state index is 10.9. The molecule has 0 fully saturated rings. The molecule has 0 saturated carbocycles. The molecule has 1 heterocycles. The maximum Gasteiger partial charge on any atom is 0.280 e. The minimum atomic E-state index is -3.70. The van der Waals surface area contributed by atoms with Crippen molar-refractivity contribution in [2.24, 2.45) is 0 Å². The van der Waals surface area contributed by atoms with Crippen LogP contribution in [0.4, 0.5) is 0 Å². The smallest absolute Gasteiger partial charge is 0.280 e. The molecule has 0 aliphatic rings. The molecule has 0 amide bonds. The lowest BCUT2D eigenvalue weighted by atomic mass is 10.4. The van der Waals surface area contributed by atoms with Gasteiger partial charge in [0.1, 0.15) is 5.82 Å². The fourth-order valence-electron chi connectivity index (χ4n) is 1.10. The van der Waals surface area contributed by atoms with Gasteiger partial charge in [0.15, 0.2) is 5.03 Å². The number of halogens is 1. The van der Waals surface area contributed by atoms with Gasteiger partial charge in [-0.1, -0.05) is 0 Å². The first kappa shape index (κ1) is 10.5. The standard InChI is InChI=1S/C7H11ClN2O2S/c1-5(2)10-4-7(9-6(10)3)13(8,11)12/h4-5H,1-3H3. The molecule has 1 aromatic heterocycles. The Bertz CT molecular complexity index is 408. The van der Waals surface area contributed by atoms with Crippen LogP contribution in [0.2, 0.25) is 0 Å². The summed E-state index contributed by atoms with van der Waals surface area (Å²) >= 11 is 0. The molecule has 4 nitrogen and oxygen atoms in total. The van der Waals surface area contributed by atoms with Crippen molar-refractivity contribution in [2.75, 3.05) is 0 Å². The number of aromatic nitrogens is 2. The molecule has 0 saturated heterocycles. The number of imidazole rings is 1. The average molecular weight is 223 g/mol. The van der Waals surface area contributed by atoms with Crippen molar-refractivity contribution in [1.29, 1.82) is 0 Å². The summed E-state index contributed by atoms with van der Waals surface area (Å²) in [7, 11) is 1.45. The third-order valence-electron chi connectivity index (χ3n) is 1.70. The van der Waals surface area contributed by atoms with Crippen molar-refractivity contribution in [3.63, 3.8) is 0 Å². The van der Waals surface area contributed by atoms with E-state index in [2.05, 4.69) is 4.98 Å². The van der Waals surface area contributed by atoms with Crippen LogP contribution in [0.25, 0.3) is 0 Å². The maximum absolute atomic E-state index is 10.9. The van der Waals surface area contributed by atoms with E-state index >= 15 is 0 Å². The molecule has 1 rings (SSSR count). The molecule has 0 aromatic carbocycles. The van der Waals surface area contributed by atoms with E-state index in [4.69, 9.17) is 10.7 Å². The van der Waals surface area contributed by atoms with Crippen LogP contribution in [0.15, 0.2) is 11.2 Å². The van der Waals surface area contributed by atoms with Crippen molar-refractivity contribution in [3.8, 4) is 0 Å². The molecule has 6 heteroatoms. The molecule has 1 aromatic rings. The Morgan fingerprint density at radius 2 is 2.08 bits per heavy atom. The second kappa shape index (κ2) is 3.31. The molecular formula is C7H11ClN2O2S. The van der Waals surface area contributed by atoms with Gasteiger partial charge in [-0.05, 0) is 20.8 Å². The molecule has 13 heavy (non-hydrogen) atoms. The molecule has 0 spiro atoms. The molecule has 0 aliphatic carbocycles. The molecule has 0 bridgehead atoms. The molecule has 0 unspecified atom stereocenters. The summed E-state index contributed by atoms with van der Waals surface area (Å²) in [5.74, 6) is 0.647. The van der Waals surface area contributed by atoms with Crippen LogP contribution < -0.4 is 0 Å². The van der Waals surface area contributed by atoms with E-state index in [0.717, 1.165) is 0 Å². The number of nitrogens with zero attached hydrogens (tertiary/aromatic N) is 2. The van der Waals surface area contributed by atoms with E-state index in [-0.39, 0.29) is 11.1 Å². The lowest BCUT2D eigenvalue weighted by Crippen LogP contribution is -2.00. The van der Waals surface area contributed by atoms with Crippen LogP contribution in [-0.2, 0) is 9.05 Å². The molecule has 0 atom stereocenters. The summed E-state index contributed by atoms with van der Waals surface area (Å²) in [6.07, 6.45) is 1.45. The monoisotopic (exact) mass is 222 g/mol. The van der Waals surface area contributed by atoms with Gasteiger partial charge in [-0.25, -0.2) is 13.4 Å². The largest absolute Gasteiger partial charge is 0.331 e. The zero-order chi connectivity index (χ0) is 10.2. The second-order valence-electron chi connectivity index (χ2n) is 3.07. The summed E-state index contributed by atoms with van der Waals surface area (Å²) in [4.78, 5) is 3.85. The Labute approximate surface area is 82.0 Å². The molecule has 0 aliphatic heterocycles. The van der Waals surface area contributed by atoms with Crippen molar-refractivity contribution >= 4 is 19.7 Å². The van der Waals surface area contributed by atoms with E-state index in [9.17, 15) is 8.42 Å². The predicted octanol–water partition coefficient (Wildman–Crippen LogP) is 1.70. The summed E-state index contributed by atoms with van der Waals surface area (Å²) in [5, 5.41) is -0.0830. The van der Waals surface area contributed by atoms with Gasteiger partial charge in [0.25, 0.3) is 9.05 Å². The fraction of sp³-hybridized carbons (Fsp3) is 0.571. The van der Waals surface area contributed by atoms with Gasteiger partial charge in [0.05, 0.1) is 0 Å². The van der Waals surface area contributed by atoms with Crippen molar-refractivity contribution in [2.45, 2.75) is 31.8 Å². The Kier molecular flexibility index (Phi) is 2.68. The summed E-state index contributed by atoms with van der Waals surface area (Å²) in [6.45, 7) is 5.63. The van der Waals surface area contributed by atoms with Crippen LogP contribution in [0.3, 0.4) is 0 Å². The van der Waals surface area contributed by atoms with Gasteiger partial charge in [-0.3, -0.25) is 0 Å². The van der Waals surface area contributed by atoms with Crippen LogP contribution >= 0.6 is 10.7 Å². The van der Waals surface area contributed by atoms with E-state index in [1.807, 2.05) is 13.8 Å². The van der Waals surface area contributed by atoms with E-state index in [1.165, 1.54) is 6.20 Å². The number of rotatable bonds is 2. The number of hydrogen-bond acceptors (Lipinski definition) is 3. The highest BCUT2D eigenvalue weighted by atomic mass is 35.7. The SMILES string of the molecule is Cc1nc(S(=O)(=O)Cl)cn1C(C)C. The zero-order valence-corrected chi connectivity index (χ0v) is 9.22. The normalized spacial score (nSPS) is 12.4. The highest BCUT2D eigenvalue weighted by molar-refractivity contribution is 8.13. The third-order valence-corrected chi connectivity index (χ3v) is 2.87. The quantitative estimate of drug-likeness (QED) is 0.716. The Morgan fingerprint density at radius 1 is 1.54 bits per heavy atom. The lowest BCUT2D eigenvalue weighted by Gasteiger charge is -2.06. The molecular weight excluding hydrogens is 212 g/mol. The highest BCUT2D eigenvalue weighted by Crippen LogP contribution is 2.17. The fourth-order valence-corrected chi connectivity index (χ4v) is 1.80. The molecule has 74 valence electrons. The first-order chi connectivity index (χ1) is 5.82. The van der Waals surface area contributed by atoms with Gasteiger partial charge in [-0.15, -0.1) is 0 Å². The minimum absolute atomic E-state index is 0.0830. The van der Waals surface area contributed by atoms with Gasteiger partial charge in [0, 0.05) is 22.9 Å². The summed E-state index contributed by atoms with van der Waals surface area (Å²) < 4.78 is 23.6. The molecule has 0 N–H and O–H groups in total. The topological polar surface area (TPSA) is 52.0 Å². The zero-order valence-electron chi connectivity index (χ0n) is 7.65. The third kappa shape index (κ3) is 2.22. The van der Waals surface area contributed by atoms with E-state index in [0.29, 0.717) is 5.82 Å². The van der Waals surface area contributed by atoms with E-state index < -0.39 is 9.05 Å². The Balaban J connectivity index is 3.25.